The minimum atomic E-state index is -0.697. The van der Waals surface area contributed by atoms with Gasteiger partial charge in [-0.25, -0.2) is 4.68 Å². The zero-order valence-electron chi connectivity index (χ0n) is 18.9. The van der Waals surface area contributed by atoms with Gasteiger partial charge in [-0.15, -0.1) is 5.10 Å². The van der Waals surface area contributed by atoms with Crippen LogP contribution in [0.1, 0.15) is 58.3 Å². The average molecular weight is 441 g/mol. The van der Waals surface area contributed by atoms with Gasteiger partial charge in [-0.2, -0.15) is 9.61 Å². The quantitative estimate of drug-likeness (QED) is 0.471. The summed E-state index contributed by atoms with van der Waals surface area (Å²) in [5.74, 6) is -0.478. The molecule has 0 aliphatic rings. The molecule has 10 nitrogen and oxygen atoms in total. The second-order valence-electron chi connectivity index (χ2n) is 8.67. The van der Waals surface area contributed by atoms with Crippen LogP contribution in [-0.2, 0) is 12.0 Å². The first-order valence-corrected chi connectivity index (χ1v) is 10.2. The van der Waals surface area contributed by atoms with Crippen molar-refractivity contribution in [2.24, 2.45) is 5.73 Å². The number of hydrogen-bond acceptors (Lipinski definition) is 7. The SMILES string of the molecule is Cc1c(C(N)=O)nn2c(=N)n(CC(=O)c3cc(OCCO)cc(C(C)(C)C)c3)nc2c1C. The maximum atomic E-state index is 13.1. The van der Waals surface area contributed by atoms with Crippen LogP contribution in [0.25, 0.3) is 5.65 Å². The molecule has 1 amide bonds. The van der Waals surface area contributed by atoms with Gasteiger partial charge in [0, 0.05) is 11.1 Å². The molecule has 0 saturated heterocycles. The number of aromatic nitrogens is 4. The normalized spacial score (nSPS) is 11.7. The van der Waals surface area contributed by atoms with Gasteiger partial charge in [-0.3, -0.25) is 15.0 Å². The number of ketones is 1. The Kier molecular flexibility index (Phi) is 6.18. The van der Waals surface area contributed by atoms with Gasteiger partial charge in [-0.05, 0) is 48.6 Å². The summed E-state index contributed by atoms with van der Waals surface area (Å²) in [7, 11) is 0. The molecule has 4 N–H and O–H groups in total. The summed E-state index contributed by atoms with van der Waals surface area (Å²) in [5, 5.41) is 26.0. The van der Waals surface area contributed by atoms with Crippen molar-refractivity contribution in [3.05, 3.63) is 51.8 Å². The highest BCUT2D eigenvalue weighted by molar-refractivity contribution is 5.96. The van der Waals surface area contributed by atoms with Gasteiger partial charge in [0.05, 0.1) is 6.61 Å². The molecule has 0 unspecified atom stereocenters. The fraction of sp³-hybridized carbons (Fsp3) is 0.409. The van der Waals surface area contributed by atoms with Crippen molar-refractivity contribution in [1.82, 2.24) is 19.4 Å². The van der Waals surface area contributed by atoms with E-state index in [0.717, 1.165) is 5.56 Å². The standard InChI is InChI=1S/C22H28N6O4/c1-12-13(2)20-26-27(21(24)28(20)25-18(12)19(23)31)11-17(30)14-8-15(22(3,4)5)10-16(9-14)32-7-6-29/h8-10,24,29H,6-7,11H2,1-5H3,(H2,23,31). The fourth-order valence-electron chi connectivity index (χ4n) is 3.27. The number of primary amides is 1. The summed E-state index contributed by atoms with van der Waals surface area (Å²) in [6.07, 6.45) is 0. The first-order chi connectivity index (χ1) is 14.9. The van der Waals surface area contributed by atoms with Gasteiger partial charge in [0.1, 0.15) is 18.9 Å². The molecule has 0 spiro atoms. The van der Waals surface area contributed by atoms with Gasteiger partial charge in [-0.1, -0.05) is 20.8 Å². The van der Waals surface area contributed by atoms with E-state index in [4.69, 9.17) is 21.0 Å². The summed E-state index contributed by atoms with van der Waals surface area (Å²) in [6, 6.07) is 5.26. The van der Waals surface area contributed by atoms with Gasteiger partial charge < -0.3 is 15.6 Å². The van der Waals surface area contributed by atoms with Crippen LogP contribution in [0.15, 0.2) is 18.2 Å². The number of carbonyl (C=O) groups excluding carboxylic acids is 2. The topological polar surface area (TPSA) is 149 Å². The smallest absolute Gasteiger partial charge is 0.269 e. The van der Waals surface area contributed by atoms with Crippen molar-refractivity contribution >= 4 is 17.3 Å². The zero-order valence-corrected chi connectivity index (χ0v) is 18.9. The molecule has 0 fully saturated rings. The Morgan fingerprint density at radius 1 is 1.16 bits per heavy atom. The average Bonchev–Trinajstić information content (AvgIpc) is 3.03. The van der Waals surface area contributed by atoms with Gasteiger partial charge in [0.2, 0.25) is 5.62 Å². The van der Waals surface area contributed by atoms with Crippen LogP contribution in [0.3, 0.4) is 0 Å². The van der Waals surface area contributed by atoms with Crippen molar-refractivity contribution < 1.29 is 19.4 Å². The number of rotatable bonds is 7. The summed E-state index contributed by atoms with van der Waals surface area (Å²) in [6.45, 7) is 9.33. The van der Waals surface area contributed by atoms with E-state index in [9.17, 15) is 9.59 Å². The predicted octanol–water partition coefficient (Wildman–Crippen LogP) is 1.28. The van der Waals surface area contributed by atoms with Crippen LogP contribution in [0.2, 0.25) is 0 Å². The van der Waals surface area contributed by atoms with Crippen molar-refractivity contribution in [3.63, 3.8) is 0 Å². The third-order valence-corrected chi connectivity index (χ3v) is 5.30. The van der Waals surface area contributed by atoms with Crippen molar-refractivity contribution in [2.45, 2.75) is 46.6 Å². The van der Waals surface area contributed by atoms with Crippen LogP contribution in [-0.4, -0.2) is 49.4 Å². The maximum Gasteiger partial charge on any atom is 0.269 e. The second-order valence-corrected chi connectivity index (χ2v) is 8.67. The molecule has 2 heterocycles. The number of nitrogens with two attached hydrogens (primary N) is 1. The molecule has 32 heavy (non-hydrogen) atoms. The molecular formula is C22H28N6O4. The number of hydrogen-bond donors (Lipinski definition) is 3. The highest BCUT2D eigenvalue weighted by atomic mass is 16.5. The Balaban J connectivity index is 2.03. The van der Waals surface area contributed by atoms with Crippen molar-refractivity contribution in [2.75, 3.05) is 13.2 Å². The number of aliphatic hydroxyl groups is 1. The molecule has 170 valence electrons. The molecule has 1 aromatic carbocycles. The Labute approximate surface area is 185 Å². The highest BCUT2D eigenvalue weighted by Gasteiger charge is 2.21. The lowest BCUT2D eigenvalue weighted by atomic mass is 9.85. The number of fused-ring (bicyclic) bond motifs is 1. The summed E-state index contributed by atoms with van der Waals surface area (Å²) in [4.78, 5) is 24.8. The summed E-state index contributed by atoms with van der Waals surface area (Å²) < 4.78 is 7.99. The minimum absolute atomic E-state index is 0.0583. The van der Waals surface area contributed by atoms with Gasteiger partial charge in [0.25, 0.3) is 5.91 Å². The molecule has 10 heteroatoms. The first kappa shape index (κ1) is 23.1. The maximum absolute atomic E-state index is 13.1. The molecule has 3 rings (SSSR count). The minimum Gasteiger partial charge on any atom is -0.491 e. The Bertz CT molecular complexity index is 1270. The van der Waals surface area contributed by atoms with Gasteiger partial charge in [0.15, 0.2) is 17.1 Å². The predicted molar refractivity (Wildman–Crippen MR) is 117 cm³/mol. The van der Waals surface area contributed by atoms with Crippen LogP contribution in [0, 0.1) is 19.3 Å². The third kappa shape index (κ3) is 4.40. The van der Waals surface area contributed by atoms with E-state index in [0.29, 0.717) is 28.1 Å². The Morgan fingerprint density at radius 2 is 1.84 bits per heavy atom. The number of aliphatic hydroxyl groups excluding tert-OH is 1. The third-order valence-electron chi connectivity index (χ3n) is 5.30. The number of nitrogens with one attached hydrogen (secondary N) is 1. The van der Waals surface area contributed by atoms with Gasteiger partial charge >= 0.3 is 0 Å². The lowest BCUT2D eigenvalue weighted by Gasteiger charge is -2.21. The number of carbonyl (C=O) groups is 2. The molecule has 0 aliphatic carbocycles. The van der Waals surface area contributed by atoms with E-state index in [1.807, 2.05) is 26.8 Å². The molecule has 3 aromatic rings. The monoisotopic (exact) mass is 440 g/mol. The van der Waals surface area contributed by atoms with Crippen molar-refractivity contribution in [1.29, 1.82) is 5.41 Å². The molecular weight excluding hydrogens is 412 g/mol. The molecule has 0 saturated carbocycles. The van der Waals surface area contributed by atoms with E-state index < -0.39 is 5.91 Å². The molecule has 0 aliphatic heterocycles. The Morgan fingerprint density at radius 3 is 2.44 bits per heavy atom. The Hall–Kier alpha value is -3.53. The number of ether oxygens (including phenoxy) is 1. The van der Waals surface area contributed by atoms with E-state index >= 15 is 0 Å². The van der Waals surface area contributed by atoms with Crippen LogP contribution in [0.4, 0.5) is 0 Å². The van der Waals surface area contributed by atoms with E-state index in [1.165, 1.54) is 9.20 Å². The fourth-order valence-corrected chi connectivity index (χ4v) is 3.27. The highest BCUT2D eigenvalue weighted by Crippen LogP contribution is 2.28. The lowest BCUT2D eigenvalue weighted by Crippen LogP contribution is -2.28. The molecule has 0 radical (unpaired) electrons. The lowest BCUT2D eigenvalue weighted by molar-refractivity contribution is 0.0962. The largest absolute Gasteiger partial charge is 0.491 e. The van der Waals surface area contributed by atoms with E-state index in [-0.39, 0.29) is 42.3 Å². The summed E-state index contributed by atoms with van der Waals surface area (Å²) in [5.41, 5.74) is 8.01. The first-order valence-electron chi connectivity index (χ1n) is 10.2. The van der Waals surface area contributed by atoms with E-state index in [1.54, 1.807) is 26.0 Å². The van der Waals surface area contributed by atoms with Crippen LogP contribution >= 0.6 is 0 Å². The molecule has 0 atom stereocenters. The number of aryl methyl sites for hydroxylation is 1. The number of amides is 1. The second kappa shape index (κ2) is 8.54. The molecule has 2 aromatic heterocycles. The summed E-state index contributed by atoms with van der Waals surface area (Å²) >= 11 is 0. The van der Waals surface area contributed by atoms with Crippen LogP contribution in [0.5, 0.6) is 5.75 Å². The number of Topliss-reactive ketones (excluding diaryl/α,β-unsaturated/α-hetero) is 1. The molecule has 0 bridgehead atoms. The van der Waals surface area contributed by atoms with Crippen LogP contribution < -0.4 is 16.1 Å². The number of benzene rings is 1. The zero-order chi connectivity index (χ0) is 23.8. The van der Waals surface area contributed by atoms with Crippen molar-refractivity contribution in [3.8, 4) is 5.75 Å². The van der Waals surface area contributed by atoms with E-state index in [2.05, 4.69) is 10.2 Å². The number of nitrogens with zero attached hydrogens (tertiary/aromatic N) is 4.